The van der Waals surface area contributed by atoms with Crippen molar-refractivity contribution in [1.82, 2.24) is 4.90 Å². The Morgan fingerprint density at radius 1 is 1.32 bits per heavy atom. The van der Waals surface area contributed by atoms with Gasteiger partial charge in [-0.1, -0.05) is 12.2 Å². The molecular weight excluding hydrogens is 393 g/mol. The standard InChI is InChI=1S/C17H22INO3/c1-19-7-6-17(5-4-12(20)10-15(17)19)11-8-13(18)16(22-3)14(9-11)21-2/h4-5,8-9,12,15,20H,6-7,10H2,1-3H3/t12-,15-,17-/m0/s1. The second-order valence-corrected chi connectivity index (χ2v) is 7.30. The zero-order valence-electron chi connectivity index (χ0n) is 13.2. The number of fused-ring (bicyclic) bond motifs is 1. The third-order valence-corrected chi connectivity index (χ3v) is 5.86. The largest absolute Gasteiger partial charge is 0.493 e. The summed E-state index contributed by atoms with van der Waals surface area (Å²) in [6.07, 6.45) is 5.63. The molecule has 0 radical (unpaired) electrons. The van der Waals surface area contributed by atoms with Crippen LogP contribution in [0.15, 0.2) is 24.3 Å². The van der Waals surface area contributed by atoms with Crippen molar-refractivity contribution in [1.29, 1.82) is 0 Å². The van der Waals surface area contributed by atoms with Crippen LogP contribution in [0.2, 0.25) is 0 Å². The summed E-state index contributed by atoms with van der Waals surface area (Å²) in [5.41, 5.74) is 1.19. The van der Waals surface area contributed by atoms with Gasteiger partial charge in [0.15, 0.2) is 11.5 Å². The molecule has 5 heteroatoms. The number of methoxy groups -OCH3 is 2. The highest BCUT2D eigenvalue weighted by atomic mass is 127. The van der Waals surface area contributed by atoms with Crippen molar-refractivity contribution >= 4 is 22.6 Å². The van der Waals surface area contributed by atoms with Crippen molar-refractivity contribution in [2.75, 3.05) is 27.8 Å². The first-order chi connectivity index (χ1) is 10.5. The summed E-state index contributed by atoms with van der Waals surface area (Å²) in [5, 5.41) is 10.0. The van der Waals surface area contributed by atoms with Crippen LogP contribution in [0.1, 0.15) is 18.4 Å². The van der Waals surface area contributed by atoms with Crippen LogP contribution in [0, 0.1) is 3.57 Å². The topological polar surface area (TPSA) is 41.9 Å². The average molecular weight is 415 g/mol. The molecule has 1 aliphatic carbocycles. The highest BCUT2D eigenvalue weighted by molar-refractivity contribution is 14.1. The number of likely N-dealkylation sites (tertiary alicyclic amines) is 1. The second-order valence-electron chi connectivity index (χ2n) is 6.14. The fraction of sp³-hybridized carbons (Fsp3) is 0.529. The maximum Gasteiger partial charge on any atom is 0.174 e. The van der Waals surface area contributed by atoms with Crippen LogP contribution in [0.3, 0.4) is 0 Å². The van der Waals surface area contributed by atoms with E-state index >= 15 is 0 Å². The summed E-state index contributed by atoms with van der Waals surface area (Å²) >= 11 is 2.30. The smallest absolute Gasteiger partial charge is 0.174 e. The third kappa shape index (κ3) is 2.43. The van der Waals surface area contributed by atoms with E-state index in [1.54, 1.807) is 14.2 Å². The third-order valence-electron chi connectivity index (χ3n) is 5.06. The Labute approximate surface area is 145 Å². The molecule has 0 amide bonds. The van der Waals surface area contributed by atoms with Gasteiger partial charge in [-0.25, -0.2) is 0 Å². The Balaban J connectivity index is 2.13. The van der Waals surface area contributed by atoms with Crippen LogP contribution in [0.4, 0.5) is 0 Å². The number of hydrogen-bond acceptors (Lipinski definition) is 4. The van der Waals surface area contributed by atoms with Crippen molar-refractivity contribution in [3.05, 3.63) is 33.4 Å². The SMILES string of the molecule is COc1cc([C@@]23C=C[C@H](O)C[C@@H]2N(C)CC3)cc(I)c1OC. The Morgan fingerprint density at radius 2 is 2.09 bits per heavy atom. The lowest BCUT2D eigenvalue weighted by atomic mass is 9.69. The van der Waals surface area contributed by atoms with Crippen LogP contribution in [-0.2, 0) is 5.41 Å². The molecule has 3 rings (SSSR count). The fourth-order valence-electron chi connectivity index (χ4n) is 3.87. The lowest BCUT2D eigenvalue weighted by molar-refractivity contribution is 0.137. The van der Waals surface area contributed by atoms with Crippen LogP contribution in [0.5, 0.6) is 11.5 Å². The van der Waals surface area contributed by atoms with Gasteiger partial charge in [0.1, 0.15) is 0 Å². The van der Waals surface area contributed by atoms with Crippen molar-refractivity contribution in [3.63, 3.8) is 0 Å². The highest BCUT2D eigenvalue weighted by Crippen LogP contribution is 2.48. The number of aliphatic hydroxyl groups excluding tert-OH is 1. The average Bonchev–Trinajstić information content (AvgIpc) is 2.84. The number of hydrogen-bond donors (Lipinski definition) is 1. The molecule has 0 aromatic heterocycles. The number of benzene rings is 1. The Morgan fingerprint density at radius 3 is 2.77 bits per heavy atom. The number of halogens is 1. The number of rotatable bonds is 3. The first kappa shape index (κ1) is 16.1. The Hall–Kier alpha value is -0.790. The Kier molecular flexibility index (Phi) is 4.40. The summed E-state index contributed by atoms with van der Waals surface area (Å²) < 4.78 is 12.0. The zero-order chi connectivity index (χ0) is 15.9. The molecule has 1 N–H and O–H groups in total. The monoisotopic (exact) mass is 415 g/mol. The molecule has 1 aromatic carbocycles. The van der Waals surface area contributed by atoms with Crippen molar-refractivity contribution in [2.24, 2.45) is 0 Å². The van der Waals surface area contributed by atoms with Gasteiger partial charge in [0, 0.05) is 11.5 Å². The van der Waals surface area contributed by atoms with E-state index in [2.05, 4.69) is 52.7 Å². The molecule has 1 saturated heterocycles. The lowest BCUT2D eigenvalue weighted by Crippen LogP contribution is -2.44. The summed E-state index contributed by atoms with van der Waals surface area (Å²) in [6, 6.07) is 4.60. The predicted molar refractivity (Wildman–Crippen MR) is 94.7 cm³/mol. The van der Waals surface area contributed by atoms with E-state index in [-0.39, 0.29) is 11.5 Å². The van der Waals surface area contributed by atoms with E-state index in [1.807, 2.05) is 6.08 Å². The van der Waals surface area contributed by atoms with E-state index < -0.39 is 0 Å². The van der Waals surface area contributed by atoms with Gasteiger partial charge in [-0.3, -0.25) is 0 Å². The van der Waals surface area contributed by atoms with E-state index in [1.165, 1.54) is 5.56 Å². The molecule has 1 aromatic rings. The van der Waals surface area contributed by atoms with Gasteiger partial charge in [0.2, 0.25) is 0 Å². The van der Waals surface area contributed by atoms with Crippen LogP contribution in [0.25, 0.3) is 0 Å². The summed E-state index contributed by atoms with van der Waals surface area (Å²) in [5.74, 6) is 1.55. The van der Waals surface area contributed by atoms with Gasteiger partial charge in [0.25, 0.3) is 0 Å². The van der Waals surface area contributed by atoms with Crippen LogP contribution in [-0.4, -0.2) is 50.0 Å². The van der Waals surface area contributed by atoms with Crippen LogP contribution >= 0.6 is 22.6 Å². The van der Waals surface area contributed by atoms with Crippen molar-refractivity contribution in [3.8, 4) is 11.5 Å². The molecule has 4 nitrogen and oxygen atoms in total. The van der Waals surface area contributed by atoms with E-state index in [4.69, 9.17) is 9.47 Å². The number of likely N-dealkylation sites (N-methyl/N-ethyl adjacent to an activating group) is 1. The summed E-state index contributed by atoms with van der Waals surface area (Å²) in [7, 11) is 5.49. The molecule has 0 bridgehead atoms. The first-order valence-corrected chi connectivity index (χ1v) is 8.59. The number of nitrogens with zero attached hydrogens (tertiary/aromatic N) is 1. The molecule has 0 saturated carbocycles. The molecule has 1 aliphatic heterocycles. The zero-order valence-corrected chi connectivity index (χ0v) is 15.3. The molecule has 3 atom stereocenters. The van der Waals surface area contributed by atoms with Crippen LogP contribution < -0.4 is 9.47 Å². The molecule has 1 fully saturated rings. The predicted octanol–water partition coefficient (Wildman–Crippen LogP) is 2.57. The maximum atomic E-state index is 10.0. The molecule has 1 heterocycles. The van der Waals surface area contributed by atoms with Gasteiger partial charge in [-0.05, 0) is 66.7 Å². The molecule has 120 valence electrons. The number of aliphatic hydroxyl groups is 1. The van der Waals surface area contributed by atoms with E-state index in [0.29, 0.717) is 6.04 Å². The molecule has 22 heavy (non-hydrogen) atoms. The quantitative estimate of drug-likeness (QED) is 0.609. The van der Waals surface area contributed by atoms with E-state index in [9.17, 15) is 5.11 Å². The maximum absolute atomic E-state index is 10.0. The normalized spacial score (nSPS) is 31.1. The molecular formula is C17H22INO3. The first-order valence-electron chi connectivity index (χ1n) is 7.51. The molecule has 0 spiro atoms. The van der Waals surface area contributed by atoms with E-state index in [0.717, 1.165) is 34.5 Å². The fourth-order valence-corrected chi connectivity index (χ4v) is 4.69. The minimum absolute atomic E-state index is 0.0482. The minimum Gasteiger partial charge on any atom is -0.493 e. The van der Waals surface area contributed by atoms with Crippen molar-refractivity contribution < 1.29 is 14.6 Å². The summed E-state index contributed by atoms with van der Waals surface area (Å²) in [4.78, 5) is 2.36. The Bertz CT molecular complexity index is 604. The lowest BCUT2D eigenvalue weighted by Gasteiger charge is -2.39. The summed E-state index contributed by atoms with van der Waals surface area (Å²) in [6.45, 7) is 1.03. The number of ether oxygens (including phenoxy) is 2. The molecule has 2 aliphatic rings. The van der Waals surface area contributed by atoms with Gasteiger partial charge in [-0.15, -0.1) is 0 Å². The van der Waals surface area contributed by atoms with Crippen molar-refractivity contribution in [2.45, 2.75) is 30.4 Å². The van der Waals surface area contributed by atoms with Gasteiger partial charge >= 0.3 is 0 Å². The minimum atomic E-state index is -0.349. The van der Waals surface area contributed by atoms with Gasteiger partial charge < -0.3 is 19.5 Å². The molecule has 0 unspecified atom stereocenters. The van der Waals surface area contributed by atoms with Gasteiger partial charge in [-0.2, -0.15) is 0 Å². The highest BCUT2D eigenvalue weighted by Gasteiger charge is 2.48. The van der Waals surface area contributed by atoms with Gasteiger partial charge in [0.05, 0.1) is 23.9 Å². The second kappa shape index (κ2) is 6.02.